The molecule has 0 aliphatic rings. The second kappa shape index (κ2) is 7.36. The highest BCUT2D eigenvalue weighted by Gasteiger charge is 2.35. The average molecular weight is 301 g/mol. The first-order chi connectivity index (χ1) is 9.80. The number of ether oxygens (including phenoxy) is 2. The summed E-state index contributed by atoms with van der Waals surface area (Å²) in [6.45, 7) is 5.87. The van der Waals surface area contributed by atoms with Crippen molar-refractivity contribution in [3.8, 4) is 5.75 Å². The van der Waals surface area contributed by atoms with Crippen LogP contribution in [0.15, 0.2) is 18.2 Å². The summed E-state index contributed by atoms with van der Waals surface area (Å²) in [5.41, 5.74) is -0.922. The molecular weight excluding hydrogens is 280 g/mol. The molecule has 0 heterocycles. The summed E-state index contributed by atoms with van der Waals surface area (Å²) in [5.74, 6) is -1.74. The fourth-order valence-corrected chi connectivity index (χ4v) is 2.29. The van der Waals surface area contributed by atoms with Crippen molar-refractivity contribution in [3.63, 3.8) is 0 Å². The molecule has 0 saturated heterocycles. The van der Waals surface area contributed by atoms with E-state index in [-0.39, 0.29) is 5.75 Å². The minimum Gasteiger partial charge on any atom is -0.490 e. The fraction of sp³-hybridized carbons (Fsp3) is 0.533. The maximum atomic E-state index is 13.1. The number of esters is 1. The SMILES string of the molecule is CCNC(C)(CC(C)Oc1cc(F)cc(F)c1)C(=O)OC. The Morgan fingerprint density at radius 1 is 1.33 bits per heavy atom. The highest BCUT2D eigenvalue weighted by molar-refractivity contribution is 5.80. The predicted molar refractivity (Wildman–Crippen MR) is 75.2 cm³/mol. The van der Waals surface area contributed by atoms with E-state index in [9.17, 15) is 13.6 Å². The smallest absolute Gasteiger partial charge is 0.325 e. The lowest BCUT2D eigenvalue weighted by Crippen LogP contribution is -2.52. The van der Waals surface area contributed by atoms with E-state index in [0.717, 1.165) is 18.2 Å². The Bertz CT molecular complexity index is 476. The topological polar surface area (TPSA) is 47.6 Å². The molecule has 21 heavy (non-hydrogen) atoms. The van der Waals surface area contributed by atoms with E-state index in [1.807, 2.05) is 6.92 Å². The summed E-state index contributed by atoms with van der Waals surface area (Å²) < 4.78 is 36.5. The molecule has 4 nitrogen and oxygen atoms in total. The zero-order valence-electron chi connectivity index (χ0n) is 12.7. The molecule has 1 aromatic rings. The predicted octanol–water partition coefficient (Wildman–Crippen LogP) is 2.66. The van der Waals surface area contributed by atoms with Crippen LogP contribution in [-0.2, 0) is 9.53 Å². The molecule has 0 fully saturated rings. The van der Waals surface area contributed by atoms with Gasteiger partial charge in [-0.15, -0.1) is 0 Å². The van der Waals surface area contributed by atoms with Gasteiger partial charge in [0, 0.05) is 24.6 Å². The van der Waals surface area contributed by atoms with Gasteiger partial charge in [0.25, 0.3) is 0 Å². The van der Waals surface area contributed by atoms with Gasteiger partial charge in [-0.3, -0.25) is 4.79 Å². The van der Waals surface area contributed by atoms with E-state index in [4.69, 9.17) is 9.47 Å². The second-order valence-corrected chi connectivity index (χ2v) is 5.09. The van der Waals surface area contributed by atoms with Gasteiger partial charge in [0.2, 0.25) is 0 Å². The van der Waals surface area contributed by atoms with Crippen LogP contribution in [-0.4, -0.2) is 31.3 Å². The molecule has 0 saturated carbocycles. The van der Waals surface area contributed by atoms with E-state index in [1.54, 1.807) is 13.8 Å². The van der Waals surface area contributed by atoms with Gasteiger partial charge in [0.15, 0.2) is 0 Å². The molecule has 0 spiro atoms. The van der Waals surface area contributed by atoms with E-state index < -0.39 is 29.2 Å². The molecule has 1 rings (SSSR count). The van der Waals surface area contributed by atoms with Crippen molar-refractivity contribution < 1.29 is 23.0 Å². The van der Waals surface area contributed by atoms with Gasteiger partial charge in [-0.05, 0) is 20.4 Å². The number of benzene rings is 1. The Labute approximate surface area is 123 Å². The number of rotatable bonds is 7. The maximum absolute atomic E-state index is 13.1. The monoisotopic (exact) mass is 301 g/mol. The highest BCUT2D eigenvalue weighted by Crippen LogP contribution is 2.21. The lowest BCUT2D eigenvalue weighted by molar-refractivity contribution is -0.149. The zero-order valence-corrected chi connectivity index (χ0v) is 12.7. The molecule has 0 amide bonds. The molecule has 2 unspecified atom stereocenters. The molecule has 0 bridgehead atoms. The number of carbonyl (C=O) groups excluding carboxylic acids is 1. The summed E-state index contributed by atoms with van der Waals surface area (Å²) in [4.78, 5) is 11.9. The number of methoxy groups -OCH3 is 1. The van der Waals surface area contributed by atoms with Crippen LogP contribution in [0.1, 0.15) is 27.2 Å². The van der Waals surface area contributed by atoms with Crippen LogP contribution in [0.3, 0.4) is 0 Å². The molecule has 0 aliphatic heterocycles. The molecule has 2 atom stereocenters. The number of nitrogens with one attached hydrogen (secondary N) is 1. The van der Waals surface area contributed by atoms with Gasteiger partial charge in [0.05, 0.1) is 13.2 Å². The molecule has 118 valence electrons. The number of halogens is 2. The van der Waals surface area contributed by atoms with Crippen molar-refractivity contribution in [2.75, 3.05) is 13.7 Å². The normalized spacial score (nSPS) is 15.1. The van der Waals surface area contributed by atoms with Crippen molar-refractivity contribution >= 4 is 5.97 Å². The van der Waals surface area contributed by atoms with E-state index in [0.29, 0.717) is 13.0 Å². The zero-order chi connectivity index (χ0) is 16.0. The van der Waals surface area contributed by atoms with Crippen LogP contribution in [0, 0.1) is 11.6 Å². The Hall–Kier alpha value is -1.69. The molecule has 1 N–H and O–H groups in total. The average Bonchev–Trinajstić information content (AvgIpc) is 2.36. The van der Waals surface area contributed by atoms with Crippen molar-refractivity contribution in [3.05, 3.63) is 29.8 Å². The van der Waals surface area contributed by atoms with Gasteiger partial charge >= 0.3 is 5.97 Å². The van der Waals surface area contributed by atoms with E-state index >= 15 is 0 Å². The molecule has 1 aromatic carbocycles. The largest absolute Gasteiger partial charge is 0.490 e. The van der Waals surface area contributed by atoms with Crippen LogP contribution in [0.2, 0.25) is 0 Å². The maximum Gasteiger partial charge on any atom is 0.325 e. The third-order valence-corrected chi connectivity index (χ3v) is 3.07. The van der Waals surface area contributed by atoms with Crippen LogP contribution in [0.25, 0.3) is 0 Å². The van der Waals surface area contributed by atoms with Crippen molar-refractivity contribution in [2.45, 2.75) is 38.8 Å². The molecule has 0 aliphatic carbocycles. The third kappa shape index (κ3) is 4.97. The summed E-state index contributed by atoms with van der Waals surface area (Å²) in [5, 5.41) is 3.05. The van der Waals surface area contributed by atoms with Gasteiger partial charge in [0.1, 0.15) is 22.9 Å². The van der Waals surface area contributed by atoms with Crippen molar-refractivity contribution in [2.24, 2.45) is 0 Å². The Morgan fingerprint density at radius 2 is 1.90 bits per heavy atom. The van der Waals surface area contributed by atoms with E-state index in [1.165, 1.54) is 7.11 Å². The minimum absolute atomic E-state index is 0.0868. The van der Waals surface area contributed by atoms with Gasteiger partial charge < -0.3 is 14.8 Å². The van der Waals surface area contributed by atoms with Crippen LogP contribution in [0.5, 0.6) is 5.75 Å². The second-order valence-electron chi connectivity index (χ2n) is 5.09. The number of hydrogen-bond donors (Lipinski definition) is 1. The first-order valence-electron chi connectivity index (χ1n) is 6.77. The quantitative estimate of drug-likeness (QED) is 0.787. The highest BCUT2D eigenvalue weighted by atomic mass is 19.1. The number of hydrogen-bond acceptors (Lipinski definition) is 4. The Balaban J connectivity index is 2.78. The molecule has 0 radical (unpaired) electrons. The van der Waals surface area contributed by atoms with E-state index in [2.05, 4.69) is 5.32 Å². The van der Waals surface area contributed by atoms with Crippen molar-refractivity contribution in [1.82, 2.24) is 5.32 Å². The van der Waals surface area contributed by atoms with Gasteiger partial charge in [-0.25, -0.2) is 8.78 Å². The van der Waals surface area contributed by atoms with Crippen LogP contribution in [0.4, 0.5) is 8.78 Å². The Morgan fingerprint density at radius 3 is 2.38 bits per heavy atom. The standard InChI is InChI=1S/C15H21F2NO3/c1-5-18-15(3,14(19)20-4)9-10(2)21-13-7-11(16)6-12(17)8-13/h6-8,10,18H,5,9H2,1-4H3. The lowest BCUT2D eigenvalue weighted by atomic mass is 9.94. The number of carbonyl (C=O) groups is 1. The number of likely N-dealkylation sites (N-methyl/N-ethyl adjacent to an activating group) is 1. The summed E-state index contributed by atoms with van der Waals surface area (Å²) in [7, 11) is 1.31. The van der Waals surface area contributed by atoms with Gasteiger partial charge in [-0.2, -0.15) is 0 Å². The minimum atomic E-state index is -0.922. The Kier molecular flexibility index (Phi) is 6.08. The van der Waals surface area contributed by atoms with Gasteiger partial charge in [-0.1, -0.05) is 6.92 Å². The molecular formula is C15H21F2NO3. The third-order valence-electron chi connectivity index (χ3n) is 3.07. The van der Waals surface area contributed by atoms with Crippen LogP contribution < -0.4 is 10.1 Å². The lowest BCUT2D eigenvalue weighted by Gasteiger charge is -2.30. The fourth-order valence-electron chi connectivity index (χ4n) is 2.29. The summed E-state index contributed by atoms with van der Waals surface area (Å²) in [6, 6.07) is 2.97. The molecule has 0 aromatic heterocycles. The molecule has 6 heteroatoms. The summed E-state index contributed by atoms with van der Waals surface area (Å²) >= 11 is 0. The first kappa shape index (κ1) is 17.4. The van der Waals surface area contributed by atoms with Crippen LogP contribution >= 0.6 is 0 Å². The van der Waals surface area contributed by atoms with Crippen molar-refractivity contribution in [1.29, 1.82) is 0 Å². The first-order valence-corrected chi connectivity index (χ1v) is 6.77. The summed E-state index contributed by atoms with van der Waals surface area (Å²) in [6.07, 6.45) is -0.139.